The van der Waals surface area contributed by atoms with Gasteiger partial charge in [-0.25, -0.2) is 0 Å². The Balaban J connectivity index is 1.71. The van der Waals surface area contributed by atoms with Crippen LogP contribution >= 0.6 is 0 Å². The largest absolute Gasteiger partial charge is 0.490 e. The second-order valence-corrected chi connectivity index (χ2v) is 3.59. The van der Waals surface area contributed by atoms with E-state index in [1.54, 1.807) is 24.5 Å². The molecule has 4 heteroatoms. The molecule has 0 saturated heterocycles. The first kappa shape index (κ1) is 12.2. The molecule has 0 aliphatic heterocycles. The van der Waals surface area contributed by atoms with E-state index in [-0.39, 0.29) is 0 Å². The quantitative estimate of drug-likeness (QED) is 0.732. The van der Waals surface area contributed by atoms with Gasteiger partial charge in [0.25, 0.3) is 0 Å². The van der Waals surface area contributed by atoms with Crippen LogP contribution in [0.1, 0.15) is 11.3 Å². The molecule has 1 heterocycles. The molecule has 0 amide bonds. The summed E-state index contributed by atoms with van der Waals surface area (Å²) in [6.07, 6.45) is 1.61. The summed E-state index contributed by atoms with van der Waals surface area (Å²) in [6.45, 7) is 1.27. The maximum atomic E-state index is 8.87. The molecule has 0 atom stereocenters. The summed E-state index contributed by atoms with van der Waals surface area (Å²) >= 11 is 0. The normalized spacial score (nSPS) is 9.94. The van der Waals surface area contributed by atoms with E-state index in [0.29, 0.717) is 31.1 Å². The molecule has 0 spiro atoms. The molecule has 2 aromatic rings. The topological polar surface area (TPSA) is 55.4 Å². The van der Waals surface area contributed by atoms with Crippen molar-refractivity contribution in [2.24, 2.45) is 0 Å². The second-order valence-electron chi connectivity index (χ2n) is 3.59. The number of nitriles is 1. The van der Waals surface area contributed by atoms with Gasteiger partial charge in [-0.1, -0.05) is 12.1 Å². The molecule has 2 rings (SSSR count). The zero-order valence-corrected chi connectivity index (χ0v) is 9.83. The lowest BCUT2D eigenvalue weighted by atomic mass is 10.2. The van der Waals surface area contributed by atoms with Gasteiger partial charge in [-0.05, 0) is 24.3 Å². The van der Waals surface area contributed by atoms with Crippen LogP contribution in [0.4, 0.5) is 0 Å². The summed E-state index contributed by atoms with van der Waals surface area (Å²) in [5.74, 6) is 1.37. The molecule has 1 aromatic heterocycles. The van der Waals surface area contributed by atoms with Crippen molar-refractivity contribution in [3.63, 3.8) is 0 Å². The molecule has 0 bridgehead atoms. The van der Waals surface area contributed by atoms with Crippen molar-refractivity contribution < 1.29 is 13.9 Å². The summed E-state index contributed by atoms with van der Waals surface area (Å²) in [7, 11) is 0. The number of ether oxygens (including phenoxy) is 2. The van der Waals surface area contributed by atoms with Crippen LogP contribution in [0.15, 0.2) is 47.1 Å². The highest BCUT2D eigenvalue weighted by atomic mass is 16.5. The second kappa shape index (κ2) is 6.48. The van der Waals surface area contributed by atoms with Crippen LogP contribution < -0.4 is 4.74 Å². The number of hydrogen-bond donors (Lipinski definition) is 0. The van der Waals surface area contributed by atoms with Crippen LogP contribution in [0.3, 0.4) is 0 Å². The SMILES string of the molecule is N#Cc1ccccc1OCCOCc1ccco1. The van der Waals surface area contributed by atoms with Gasteiger partial charge in [0.15, 0.2) is 0 Å². The molecule has 0 aliphatic carbocycles. The molecule has 0 unspecified atom stereocenters. The highest BCUT2D eigenvalue weighted by molar-refractivity contribution is 5.42. The Morgan fingerprint density at radius 3 is 2.78 bits per heavy atom. The van der Waals surface area contributed by atoms with E-state index in [4.69, 9.17) is 19.2 Å². The summed E-state index contributed by atoms with van der Waals surface area (Å²) in [6, 6.07) is 12.9. The van der Waals surface area contributed by atoms with Crippen LogP contribution in [0.5, 0.6) is 5.75 Å². The Morgan fingerprint density at radius 1 is 1.11 bits per heavy atom. The fourth-order valence-corrected chi connectivity index (χ4v) is 1.46. The Labute approximate surface area is 105 Å². The van der Waals surface area contributed by atoms with Crippen LogP contribution in [0.25, 0.3) is 0 Å². The van der Waals surface area contributed by atoms with Crippen LogP contribution in [0.2, 0.25) is 0 Å². The molecule has 0 aliphatic rings. The molecular formula is C14H13NO3. The molecule has 92 valence electrons. The number of rotatable bonds is 6. The van der Waals surface area contributed by atoms with Gasteiger partial charge >= 0.3 is 0 Å². The predicted molar refractivity (Wildman–Crippen MR) is 65.0 cm³/mol. The van der Waals surface area contributed by atoms with Gasteiger partial charge < -0.3 is 13.9 Å². The van der Waals surface area contributed by atoms with E-state index in [9.17, 15) is 0 Å². The number of furan rings is 1. The molecule has 18 heavy (non-hydrogen) atoms. The third-order valence-electron chi connectivity index (χ3n) is 2.32. The van der Waals surface area contributed by atoms with Gasteiger partial charge in [-0.3, -0.25) is 0 Å². The zero-order valence-electron chi connectivity index (χ0n) is 9.83. The van der Waals surface area contributed by atoms with Crippen molar-refractivity contribution in [3.05, 3.63) is 54.0 Å². The zero-order chi connectivity index (χ0) is 12.6. The summed E-state index contributed by atoms with van der Waals surface area (Å²) in [5, 5.41) is 8.87. The van der Waals surface area contributed by atoms with Crippen molar-refractivity contribution in [1.29, 1.82) is 5.26 Å². The molecule has 0 fully saturated rings. The van der Waals surface area contributed by atoms with Gasteiger partial charge in [0.2, 0.25) is 0 Å². The van der Waals surface area contributed by atoms with Crippen molar-refractivity contribution in [3.8, 4) is 11.8 Å². The Kier molecular flexibility index (Phi) is 4.39. The minimum Gasteiger partial charge on any atom is -0.490 e. The van der Waals surface area contributed by atoms with E-state index in [1.807, 2.05) is 18.2 Å². The van der Waals surface area contributed by atoms with Gasteiger partial charge in [-0.2, -0.15) is 5.26 Å². The molecule has 0 saturated carbocycles. The Morgan fingerprint density at radius 2 is 2.00 bits per heavy atom. The van der Waals surface area contributed by atoms with Gasteiger partial charge in [0.05, 0.1) is 18.4 Å². The van der Waals surface area contributed by atoms with E-state index in [2.05, 4.69) is 6.07 Å². The van der Waals surface area contributed by atoms with Crippen LogP contribution in [-0.2, 0) is 11.3 Å². The van der Waals surface area contributed by atoms with Gasteiger partial charge in [0, 0.05) is 0 Å². The highest BCUT2D eigenvalue weighted by Gasteiger charge is 2.01. The maximum Gasteiger partial charge on any atom is 0.137 e. The van der Waals surface area contributed by atoms with Crippen molar-refractivity contribution in [2.75, 3.05) is 13.2 Å². The highest BCUT2D eigenvalue weighted by Crippen LogP contribution is 2.16. The third kappa shape index (κ3) is 3.37. The minimum absolute atomic E-state index is 0.402. The summed E-state index contributed by atoms with van der Waals surface area (Å²) in [4.78, 5) is 0. The Bertz CT molecular complexity index is 514. The standard InChI is InChI=1S/C14H13NO3/c15-10-12-4-1-2-6-14(12)18-9-8-16-11-13-5-3-7-17-13/h1-7H,8-9,11H2. The van der Waals surface area contributed by atoms with E-state index < -0.39 is 0 Å². The first-order chi connectivity index (χ1) is 8.90. The van der Waals surface area contributed by atoms with Gasteiger partial charge in [0.1, 0.15) is 30.8 Å². The average Bonchev–Trinajstić information content (AvgIpc) is 2.92. The van der Waals surface area contributed by atoms with E-state index in [1.165, 1.54) is 0 Å². The predicted octanol–water partition coefficient (Wildman–Crippen LogP) is 2.75. The molecule has 4 nitrogen and oxygen atoms in total. The summed E-state index contributed by atoms with van der Waals surface area (Å²) < 4.78 is 16.0. The molecular weight excluding hydrogens is 230 g/mol. The smallest absolute Gasteiger partial charge is 0.137 e. The lowest BCUT2D eigenvalue weighted by Crippen LogP contribution is -2.07. The lowest BCUT2D eigenvalue weighted by molar-refractivity contribution is 0.0781. The lowest BCUT2D eigenvalue weighted by Gasteiger charge is -2.07. The Hall–Kier alpha value is -2.25. The number of para-hydroxylation sites is 1. The molecule has 0 radical (unpaired) electrons. The summed E-state index contributed by atoms with van der Waals surface area (Å²) in [5.41, 5.74) is 0.531. The maximum absolute atomic E-state index is 8.87. The van der Waals surface area contributed by atoms with E-state index >= 15 is 0 Å². The van der Waals surface area contributed by atoms with Gasteiger partial charge in [-0.15, -0.1) is 0 Å². The first-order valence-electron chi connectivity index (χ1n) is 5.62. The fourth-order valence-electron chi connectivity index (χ4n) is 1.46. The minimum atomic E-state index is 0.402. The van der Waals surface area contributed by atoms with Crippen molar-refractivity contribution in [1.82, 2.24) is 0 Å². The first-order valence-corrected chi connectivity index (χ1v) is 5.62. The number of nitrogens with zero attached hydrogens (tertiary/aromatic N) is 1. The molecule has 1 aromatic carbocycles. The van der Waals surface area contributed by atoms with Crippen molar-refractivity contribution in [2.45, 2.75) is 6.61 Å². The number of hydrogen-bond acceptors (Lipinski definition) is 4. The third-order valence-corrected chi connectivity index (χ3v) is 2.32. The monoisotopic (exact) mass is 243 g/mol. The average molecular weight is 243 g/mol. The number of benzene rings is 1. The van der Waals surface area contributed by atoms with Crippen LogP contribution in [-0.4, -0.2) is 13.2 Å². The van der Waals surface area contributed by atoms with E-state index in [0.717, 1.165) is 5.76 Å². The molecule has 0 N–H and O–H groups in total. The fraction of sp³-hybridized carbons (Fsp3) is 0.214. The van der Waals surface area contributed by atoms with Crippen LogP contribution in [0, 0.1) is 11.3 Å². The van der Waals surface area contributed by atoms with Crippen molar-refractivity contribution >= 4 is 0 Å².